The van der Waals surface area contributed by atoms with Gasteiger partial charge in [0.05, 0.1) is 19.4 Å². The summed E-state index contributed by atoms with van der Waals surface area (Å²) in [7, 11) is 1.28. The highest BCUT2D eigenvalue weighted by molar-refractivity contribution is 6.65. The van der Waals surface area contributed by atoms with Crippen molar-refractivity contribution in [3.63, 3.8) is 0 Å². The van der Waals surface area contributed by atoms with E-state index in [1.54, 1.807) is 14.2 Å². The van der Waals surface area contributed by atoms with Crippen molar-refractivity contribution in [2.75, 3.05) is 33.7 Å². The van der Waals surface area contributed by atoms with E-state index < -0.39 is 8.56 Å². The maximum absolute atomic E-state index is 5.49. The SMILES string of the molecule is CO[Si](C)(COCC1(C)CO1)OC. The van der Waals surface area contributed by atoms with E-state index in [2.05, 4.69) is 0 Å². The Bertz CT molecular complexity index is 166. The first-order valence-electron chi connectivity index (χ1n) is 4.36. The van der Waals surface area contributed by atoms with Crippen LogP contribution in [-0.4, -0.2) is 47.8 Å². The zero-order valence-corrected chi connectivity index (χ0v) is 9.75. The van der Waals surface area contributed by atoms with E-state index >= 15 is 0 Å². The molecule has 0 saturated carbocycles. The molecule has 0 spiro atoms. The number of hydrogen-bond acceptors (Lipinski definition) is 4. The summed E-state index contributed by atoms with van der Waals surface area (Å²) in [6.45, 7) is 5.43. The zero-order valence-electron chi connectivity index (χ0n) is 8.75. The van der Waals surface area contributed by atoms with Crippen molar-refractivity contribution >= 4 is 8.56 Å². The van der Waals surface area contributed by atoms with Crippen LogP contribution < -0.4 is 0 Å². The van der Waals surface area contributed by atoms with Crippen molar-refractivity contribution in [2.45, 2.75) is 19.1 Å². The first-order chi connectivity index (χ1) is 6.04. The molecule has 0 aromatic carbocycles. The summed E-state index contributed by atoms with van der Waals surface area (Å²) in [5.74, 6) is 0. The number of ether oxygens (including phenoxy) is 2. The Morgan fingerprint density at radius 3 is 2.31 bits per heavy atom. The third-order valence-corrected chi connectivity index (χ3v) is 4.73. The quantitative estimate of drug-likeness (QED) is 0.474. The lowest BCUT2D eigenvalue weighted by atomic mass is 10.2. The second-order valence-electron chi connectivity index (χ2n) is 3.77. The molecule has 1 aliphatic rings. The summed E-state index contributed by atoms with van der Waals surface area (Å²) in [5, 5.41) is 0. The van der Waals surface area contributed by atoms with Crippen molar-refractivity contribution in [1.82, 2.24) is 0 Å². The summed E-state index contributed by atoms with van der Waals surface area (Å²) in [4.78, 5) is 0. The van der Waals surface area contributed by atoms with Crippen LogP contribution in [0.5, 0.6) is 0 Å². The number of epoxide rings is 1. The van der Waals surface area contributed by atoms with E-state index in [9.17, 15) is 0 Å². The van der Waals surface area contributed by atoms with E-state index in [0.29, 0.717) is 12.8 Å². The average Bonchev–Trinajstić information content (AvgIpc) is 2.84. The summed E-state index contributed by atoms with van der Waals surface area (Å²) >= 11 is 0. The van der Waals surface area contributed by atoms with Gasteiger partial charge in [-0.15, -0.1) is 0 Å². The molecule has 0 radical (unpaired) electrons. The lowest BCUT2D eigenvalue weighted by Crippen LogP contribution is -2.43. The van der Waals surface area contributed by atoms with E-state index in [1.165, 1.54) is 0 Å². The molecule has 13 heavy (non-hydrogen) atoms. The van der Waals surface area contributed by atoms with Crippen molar-refractivity contribution in [2.24, 2.45) is 0 Å². The summed E-state index contributed by atoms with van der Waals surface area (Å²) in [6, 6.07) is 0. The standard InChI is InChI=1S/C8H18O4Si/c1-8(6-12-8)5-11-7-13(4,9-2)10-3/h5-7H2,1-4H3. The van der Waals surface area contributed by atoms with E-state index in [0.717, 1.165) is 6.61 Å². The van der Waals surface area contributed by atoms with Gasteiger partial charge in [0.15, 0.2) is 0 Å². The molecule has 1 unspecified atom stereocenters. The minimum atomic E-state index is -2.05. The van der Waals surface area contributed by atoms with E-state index in [-0.39, 0.29) is 5.60 Å². The fourth-order valence-corrected chi connectivity index (χ4v) is 1.74. The van der Waals surface area contributed by atoms with Crippen molar-refractivity contribution in [3.8, 4) is 0 Å². The molecule has 0 bridgehead atoms. The Labute approximate surface area is 80.4 Å². The molecule has 0 N–H and O–H groups in total. The Kier molecular flexibility index (Phi) is 3.48. The van der Waals surface area contributed by atoms with Crippen LogP contribution in [0.25, 0.3) is 0 Å². The molecule has 4 nitrogen and oxygen atoms in total. The Balaban J connectivity index is 2.16. The fraction of sp³-hybridized carbons (Fsp3) is 1.00. The van der Waals surface area contributed by atoms with Gasteiger partial charge in [-0.25, -0.2) is 0 Å². The molecule has 1 fully saturated rings. The summed E-state index contributed by atoms with van der Waals surface area (Å²) in [5.41, 5.74) is -0.0448. The van der Waals surface area contributed by atoms with Gasteiger partial charge >= 0.3 is 8.56 Å². The zero-order chi connectivity index (χ0) is 9.95. The second-order valence-corrected chi connectivity index (χ2v) is 7.15. The van der Waals surface area contributed by atoms with Crippen LogP contribution in [0.15, 0.2) is 0 Å². The lowest BCUT2D eigenvalue weighted by molar-refractivity contribution is 0.0878. The monoisotopic (exact) mass is 206 g/mol. The maximum atomic E-state index is 5.49. The van der Waals surface area contributed by atoms with Crippen LogP contribution in [0.2, 0.25) is 6.55 Å². The van der Waals surface area contributed by atoms with E-state index in [4.69, 9.17) is 18.3 Å². The molecule has 1 aliphatic heterocycles. The van der Waals surface area contributed by atoms with Gasteiger partial charge in [-0.2, -0.15) is 0 Å². The van der Waals surface area contributed by atoms with Crippen molar-refractivity contribution < 1.29 is 18.3 Å². The maximum Gasteiger partial charge on any atom is 0.361 e. The third-order valence-electron chi connectivity index (χ3n) is 2.27. The second kappa shape index (κ2) is 4.06. The van der Waals surface area contributed by atoms with Gasteiger partial charge in [0.25, 0.3) is 0 Å². The minimum Gasteiger partial charge on any atom is -0.396 e. The van der Waals surface area contributed by atoms with E-state index in [1.807, 2.05) is 13.5 Å². The van der Waals surface area contributed by atoms with Crippen molar-refractivity contribution in [3.05, 3.63) is 0 Å². The first kappa shape index (κ1) is 11.1. The molecule has 78 valence electrons. The number of hydrogen-bond donors (Lipinski definition) is 0. The fourth-order valence-electron chi connectivity index (χ4n) is 0.860. The van der Waals surface area contributed by atoms with Crippen LogP contribution in [0, 0.1) is 0 Å². The Morgan fingerprint density at radius 1 is 1.38 bits per heavy atom. The summed E-state index contributed by atoms with van der Waals surface area (Å²) < 4.78 is 21.2. The molecule has 1 atom stereocenters. The largest absolute Gasteiger partial charge is 0.396 e. The highest BCUT2D eigenvalue weighted by Crippen LogP contribution is 2.26. The van der Waals surface area contributed by atoms with Gasteiger partial charge in [0.1, 0.15) is 5.60 Å². The normalized spacial score (nSPS) is 27.7. The molecule has 1 heterocycles. The Hall–Kier alpha value is 0.0569. The molecular formula is C8H18O4Si. The molecule has 5 heteroatoms. The number of rotatable bonds is 6. The highest BCUT2D eigenvalue weighted by atomic mass is 28.4. The third kappa shape index (κ3) is 3.36. The Morgan fingerprint density at radius 2 is 1.92 bits per heavy atom. The highest BCUT2D eigenvalue weighted by Gasteiger charge is 2.40. The van der Waals surface area contributed by atoms with Gasteiger partial charge in [-0.05, 0) is 13.5 Å². The van der Waals surface area contributed by atoms with Crippen LogP contribution in [-0.2, 0) is 18.3 Å². The van der Waals surface area contributed by atoms with Gasteiger partial charge in [0, 0.05) is 14.2 Å². The average molecular weight is 206 g/mol. The van der Waals surface area contributed by atoms with Crippen LogP contribution in [0.1, 0.15) is 6.92 Å². The molecular weight excluding hydrogens is 188 g/mol. The molecule has 0 aromatic heterocycles. The van der Waals surface area contributed by atoms with Crippen LogP contribution in [0.4, 0.5) is 0 Å². The predicted molar refractivity (Wildman–Crippen MR) is 50.8 cm³/mol. The predicted octanol–water partition coefficient (Wildman–Crippen LogP) is 0.696. The molecule has 0 aromatic rings. The van der Waals surface area contributed by atoms with Gasteiger partial charge in [0.2, 0.25) is 0 Å². The molecule has 0 aliphatic carbocycles. The van der Waals surface area contributed by atoms with Gasteiger partial charge < -0.3 is 18.3 Å². The first-order valence-corrected chi connectivity index (χ1v) is 6.88. The van der Waals surface area contributed by atoms with Gasteiger partial charge in [-0.3, -0.25) is 0 Å². The molecule has 1 saturated heterocycles. The van der Waals surface area contributed by atoms with Crippen molar-refractivity contribution in [1.29, 1.82) is 0 Å². The molecule has 0 amide bonds. The smallest absolute Gasteiger partial charge is 0.361 e. The van der Waals surface area contributed by atoms with Crippen LogP contribution >= 0.6 is 0 Å². The minimum absolute atomic E-state index is 0.0448. The van der Waals surface area contributed by atoms with Gasteiger partial charge in [-0.1, -0.05) is 0 Å². The topological polar surface area (TPSA) is 40.2 Å². The van der Waals surface area contributed by atoms with Crippen LogP contribution in [0.3, 0.4) is 0 Å². The lowest BCUT2D eigenvalue weighted by Gasteiger charge is -2.22. The summed E-state index contributed by atoms with van der Waals surface area (Å²) in [6.07, 6.45) is 0.555. The molecule has 1 rings (SSSR count).